The highest BCUT2D eigenvalue weighted by Gasteiger charge is 2.27. The number of carbonyl (C=O) groups is 1. The molecule has 0 aliphatic carbocycles. The summed E-state index contributed by atoms with van der Waals surface area (Å²) in [5, 5.41) is 7.55. The van der Waals surface area contributed by atoms with Crippen LogP contribution in [0.15, 0.2) is 54.7 Å². The number of nitrogens with zero attached hydrogens (tertiary/aromatic N) is 3. The second kappa shape index (κ2) is 5.49. The number of benzene rings is 2. The van der Waals surface area contributed by atoms with Gasteiger partial charge < -0.3 is 10.2 Å². The number of hydrogen-bond acceptors (Lipinski definition) is 3. The number of rotatable bonds is 1. The molecule has 0 fully saturated rings. The number of hydrogen-bond donors (Lipinski definition) is 1. The summed E-state index contributed by atoms with van der Waals surface area (Å²) >= 11 is 0. The lowest BCUT2D eigenvalue weighted by atomic mass is 10.1. The van der Waals surface area contributed by atoms with Crippen molar-refractivity contribution in [2.75, 3.05) is 10.2 Å². The van der Waals surface area contributed by atoms with Crippen molar-refractivity contribution < 1.29 is 9.18 Å². The molecule has 0 saturated heterocycles. The van der Waals surface area contributed by atoms with E-state index in [1.807, 2.05) is 31.3 Å². The van der Waals surface area contributed by atoms with Crippen molar-refractivity contribution in [1.82, 2.24) is 9.78 Å². The monoisotopic (exact) mass is 322 g/mol. The fraction of sp³-hybridized carbons (Fsp3) is 0.111. The summed E-state index contributed by atoms with van der Waals surface area (Å²) in [7, 11) is 1.84. The normalized spacial score (nSPS) is 12.8. The van der Waals surface area contributed by atoms with Crippen LogP contribution in [0.2, 0.25) is 0 Å². The predicted molar refractivity (Wildman–Crippen MR) is 89.8 cm³/mol. The van der Waals surface area contributed by atoms with Crippen LogP contribution in [0.4, 0.5) is 21.6 Å². The number of carbonyl (C=O) groups excluding carboxylic acids is 1. The van der Waals surface area contributed by atoms with Gasteiger partial charge in [0.2, 0.25) is 0 Å². The first-order valence-electron chi connectivity index (χ1n) is 7.58. The molecule has 120 valence electrons. The Kier molecular flexibility index (Phi) is 3.30. The zero-order valence-electron chi connectivity index (χ0n) is 13.0. The molecule has 1 aliphatic rings. The zero-order chi connectivity index (χ0) is 16.7. The van der Waals surface area contributed by atoms with Crippen LogP contribution in [-0.4, -0.2) is 15.7 Å². The number of anilines is 3. The fourth-order valence-electron chi connectivity index (χ4n) is 2.92. The minimum absolute atomic E-state index is 0.0552. The topological polar surface area (TPSA) is 50.2 Å². The van der Waals surface area contributed by atoms with Crippen molar-refractivity contribution in [3.63, 3.8) is 0 Å². The number of para-hydroxylation sites is 2. The summed E-state index contributed by atoms with van der Waals surface area (Å²) in [6.07, 6.45) is 1.72. The van der Waals surface area contributed by atoms with E-state index in [-0.39, 0.29) is 11.5 Å². The van der Waals surface area contributed by atoms with E-state index in [1.165, 1.54) is 12.1 Å². The van der Waals surface area contributed by atoms with E-state index < -0.39 is 5.82 Å². The summed E-state index contributed by atoms with van der Waals surface area (Å²) < 4.78 is 15.8. The first-order chi connectivity index (χ1) is 11.6. The van der Waals surface area contributed by atoms with Crippen molar-refractivity contribution in [1.29, 1.82) is 0 Å². The number of halogens is 1. The predicted octanol–water partition coefficient (Wildman–Crippen LogP) is 3.46. The molecule has 0 unspecified atom stereocenters. The minimum atomic E-state index is -0.524. The van der Waals surface area contributed by atoms with Gasteiger partial charge in [0, 0.05) is 12.6 Å². The number of aromatic nitrogens is 2. The van der Waals surface area contributed by atoms with Gasteiger partial charge in [-0.2, -0.15) is 5.10 Å². The van der Waals surface area contributed by atoms with E-state index in [1.54, 1.807) is 27.9 Å². The van der Waals surface area contributed by atoms with Crippen molar-refractivity contribution in [3.05, 3.63) is 71.7 Å². The maximum atomic E-state index is 14.1. The maximum Gasteiger partial charge on any atom is 0.261 e. The molecule has 2 aromatic carbocycles. The van der Waals surface area contributed by atoms with Gasteiger partial charge in [-0.1, -0.05) is 24.3 Å². The van der Waals surface area contributed by atoms with Crippen LogP contribution in [-0.2, 0) is 13.6 Å². The Balaban J connectivity index is 1.85. The Morgan fingerprint density at radius 3 is 2.75 bits per heavy atom. The fourth-order valence-corrected chi connectivity index (χ4v) is 2.92. The lowest BCUT2D eigenvalue weighted by molar-refractivity contribution is 0.0981. The zero-order valence-corrected chi connectivity index (χ0v) is 13.0. The Morgan fingerprint density at radius 1 is 1.17 bits per heavy atom. The SMILES string of the molecule is Cn1ncc2c1Nc1ccccc1N(C(=O)c1ccccc1F)C2. The molecular formula is C18H15FN4O. The Hall–Kier alpha value is -3.15. The molecule has 3 aromatic rings. The van der Waals surface area contributed by atoms with Gasteiger partial charge in [0.15, 0.2) is 0 Å². The van der Waals surface area contributed by atoms with Crippen molar-refractivity contribution in [2.24, 2.45) is 7.05 Å². The van der Waals surface area contributed by atoms with Crippen LogP contribution in [0.1, 0.15) is 15.9 Å². The molecule has 6 heteroatoms. The van der Waals surface area contributed by atoms with Crippen LogP contribution >= 0.6 is 0 Å². The van der Waals surface area contributed by atoms with Gasteiger partial charge in [-0.25, -0.2) is 4.39 Å². The van der Waals surface area contributed by atoms with E-state index in [9.17, 15) is 9.18 Å². The van der Waals surface area contributed by atoms with E-state index in [2.05, 4.69) is 10.4 Å². The van der Waals surface area contributed by atoms with Crippen LogP contribution in [0, 0.1) is 5.82 Å². The second-order valence-corrected chi connectivity index (χ2v) is 5.66. The third kappa shape index (κ3) is 2.23. The van der Waals surface area contributed by atoms with Crippen molar-refractivity contribution in [3.8, 4) is 0 Å². The third-order valence-corrected chi connectivity index (χ3v) is 4.14. The van der Waals surface area contributed by atoms with E-state index in [0.717, 1.165) is 17.1 Å². The first kappa shape index (κ1) is 14.4. The summed E-state index contributed by atoms with van der Waals surface area (Å²) in [5.74, 6) is -0.0751. The Bertz CT molecular complexity index is 934. The molecule has 1 aliphatic heterocycles. The van der Waals surface area contributed by atoms with E-state index >= 15 is 0 Å². The van der Waals surface area contributed by atoms with Gasteiger partial charge in [-0.3, -0.25) is 9.48 Å². The molecule has 4 rings (SSSR count). The lowest BCUT2D eigenvalue weighted by Gasteiger charge is -2.22. The van der Waals surface area contributed by atoms with Crippen molar-refractivity contribution in [2.45, 2.75) is 6.54 Å². The number of nitrogens with one attached hydrogen (secondary N) is 1. The Labute approximate surface area is 138 Å². The molecule has 1 N–H and O–H groups in total. The lowest BCUT2D eigenvalue weighted by Crippen LogP contribution is -2.30. The summed E-state index contributed by atoms with van der Waals surface area (Å²) in [4.78, 5) is 14.6. The van der Waals surface area contributed by atoms with Crippen molar-refractivity contribution >= 4 is 23.1 Å². The van der Waals surface area contributed by atoms with Gasteiger partial charge in [-0.15, -0.1) is 0 Å². The second-order valence-electron chi connectivity index (χ2n) is 5.66. The van der Waals surface area contributed by atoms with Gasteiger partial charge in [0.1, 0.15) is 11.6 Å². The highest BCUT2D eigenvalue weighted by molar-refractivity contribution is 6.08. The van der Waals surface area contributed by atoms with Gasteiger partial charge in [0.05, 0.1) is 29.7 Å². The average Bonchev–Trinajstić information content (AvgIpc) is 2.84. The molecule has 1 aromatic heterocycles. The molecule has 2 heterocycles. The van der Waals surface area contributed by atoms with Gasteiger partial charge in [0.25, 0.3) is 5.91 Å². The van der Waals surface area contributed by atoms with Crippen LogP contribution < -0.4 is 10.2 Å². The minimum Gasteiger partial charge on any atom is -0.338 e. The Morgan fingerprint density at radius 2 is 1.92 bits per heavy atom. The molecule has 0 bridgehead atoms. The largest absolute Gasteiger partial charge is 0.338 e. The quantitative estimate of drug-likeness (QED) is 0.746. The smallest absolute Gasteiger partial charge is 0.261 e. The molecule has 1 amide bonds. The van der Waals surface area contributed by atoms with Gasteiger partial charge >= 0.3 is 0 Å². The molecule has 0 saturated carbocycles. The standard InChI is InChI=1S/C18H15FN4O/c1-22-17-12(10-20-22)11-23(16-9-5-4-8-15(16)21-17)18(24)13-6-2-3-7-14(13)19/h2-10,21H,11H2,1H3. The van der Waals surface area contributed by atoms with E-state index in [4.69, 9.17) is 0 Å². The number of amides is 1. The third-order valence-electron chi connectivity index (χ3n) is 4.14. The molecule has 5 nitrogen and oxygen atoms in total. The molecular weight excluding hydrogens is 307 g/mol. The summed E-state index contributed by atoms with van der Waals surface area (Å²) in [6, 6.07) is 13.5. The molecule has 0 radical (unpaired) electrons. The molecule has 24 heavy (non-hydrogen) atoms. The van der Waals surface area contributed by atoms with E-state index in [0.29, 0.717) is 12.2 Å². The first-order valence-corrected chi connectivity index (χ1v) is 7.58. The van der Waals surface area contributed by atoms with Crippen LogP contribution in [0.3, 0.4) is 0 Å². The highest BCUT2D eigenvalue weighted by atomic mass is 19.1. The highest BCUT2D eigenvalue weighted by Crippen LogP contribution is 2.36. The van der Waals surface area contributed by atoms with Crippen LogP contribution in [0.5, 0.6) is 0 Å². The average molecular weight is 322 g/mol. The molecule has 0 atom stereocenters. The molecule has 0 spiro atoms. The van der Waals surface area contributed by atoms with Gasteiger partial charge in [-0.05, 0) is 24.3 Å². The summed E-state index contributed by atoms with van der Waals surface area (Å²) in [6.45, 7) is 0.320. The summed E-state index contributed by atoms with van der Waals surface area (Å²) in [5.41, 5.74) is 2.42. The van der Waals surface area contributed by atoms with Crippen LogP contribution in [0.25, 0.3) is 0 Å². The number of aryl methyl sites for hydroxylation is 1. The maximum absolute atomic E-state index is 14.1. The number of fused-ring (bicyclic) bond motifs is 2.